The van der Waals surface area contributed by atoms with Crippen LogP contribution < -0.4 is 5.32 Å². The number of carbonyl (C=O) groups is 2. The van der Waals surface area contributed by atoms with Crippen molar-refractivity contribution in [3.05, 3.63) is 35.9 Å². The minimum absolute atomic E-state index is 0.0726. The van der Waals surface area contributed by atoms with Crippen LogP contribution in [0.25, 0.3) is 0 Å². The lowest BCUT2D eigenvalue weighted by Gasteiger charge is -2.38. The third kappa shape index (κ3) is 4.53. The summed E-state index contributed by atoms with van der Waals surface area (Å²) in [6.45, 7) is 3.67. The highest BCUT2D eigenvalue weighted by atomic mass is 16.5. The lowest BCUT2D eigenvalue weighted by molar-refractivity contribution is -0.162. The van der Waals surface area contributed by atoms with Crippen LogP contribution in [0.4, 0.5) is 0 Å². The van der Waals surface area contributed by atoms with E-state index in [2.05, 4.69) is 5.32 Å². The van der Waals surface area contributed by atoms with Gasteiger partial charge in [-0.1, -0.05) is 30.3 Å². The first kappa shape index (κ1) is 17.4. The normalized spacial score (nSPS) is 21.3. The molecule has 2 amide bonds. The molecule has 0 unspecified atom stereocenters. The summed E-state index contributed by atoms with van der Waals surface area (Å²) in [4.78, 5) is 26.0. The van der Waals surface area contributed by atoms with Gasteiger partial charge >= 0.3 is 0 Å². The molecular formula is C17H24N2O4. The minimum atomic E-state index is -0.702. The Bertz CT molecular complexity index is 521. The molecule has 0 spiro atoms. The maximum absolute atomic E-state index is 12.5. The molecule has 1 aromatic carbocycles. The highest BCUT2D eigenvalue weighted by Gasteiger charge is 2.39. The van der Waals surface area contributed by atoms with Gasteiger partial charge in [0.1, 0.15) is 6.61 Å². The first-order valence-electron chi connectivity index (χ1n) is 7.92. The average molecular weight is 320 g/mol. The van der Waals surface area contributed by atoms with Gasteiger partial charge in [0.2, 0.25) is 5.91 Å². The number of likely N-dealkylation sites (N-methyl/N-ethyl adjacent to an activating group) is 1. The standard InChI is InChI=1S/C17H24N2O4/c1-3-22-11-7-10-18-17(21)16-15(13-8-5-4-6-9-13)19(2)14(20)12-23-16/h4-6,8-9,15-16H,3,7,10-12H2,1-2H3,(H,18,21)/t15-,16+/m1/s1. The fourth-order valence-corrected chi connectivity index (χ4v) is 2.61. The molecule has 2 atom stereocenters. The zero-order chi connectivity index (χ0) is 16.7. The number of nitrogens with one attached hydrogen (secondary N) is 1. The smallest absolute Gasteiger partial charge is 0.251 e. The lowest BCUT2D eigenvalue weighted by Crippen LogP contribution is -2.53. The van der Waals surface area contributed by atoms with E-state index in [0.717, 1.165) is 12.0 Å². The second-order valence-corrected chi connectivity index (χ2v) is 5.43. The summed E-state index contributed by atoms with van der Waals surface area (Å²) >= 11 is 0. The van der Waals surface area contributed by atoms with E-state index >= 15 is 0 Å². The van der Waals surface area contributed by atoms with E-state index < -0.39 is 12.1 Å². The lowest BCUT2D eigenvalue weighted by atomic mass is 9.97. The average Bonchev–Trinajstić information content (AvgIpc) is 2.57. The van der Waals surface area contributed by atoms with Crippen LogP contribution >= 0.6 is 0 Å². The van der Waals surface area contributed by atoms with E-state index in [1.165, 1.54) is 0 Å². The van der Waals surface area contributed by atoms with Crippen LogP contribution in [0.1, 0.15) is 24.9 Å². The highest BCUT2D eigenvalue weighted by Crippen LogP contribution is 2.28. The number of morpholine rings is 1. The second kappa shape index (κ2) is 8.64. The number of rotatable bonds is 7. The molecule has 1 fully saturated rings. The van der Waals surface area contributed by atoms with E-state index in [0.29, 0.717) is 19.8 Å². The summed E-state index contributed by atoms with van der Waals surface area (Å²) in [5, 5.41) is 2.86. The van der Waals surface area contributed by atoms with Crippen molar-refractivity contribution in [3.8, 4) is 0 Å². The predicted octanol–water partition coefficient (Wildman–Crippen LogP) is 1.13. The van der Waals surface area contributed by atoms with Gasteiger partial charge in [0.25, 0.3) is 5.91 Å². The Morgan fingerprint density at radius 3 is 2.83 bits per heavy atom. The molecule has 1 aromatic rings. The molecule has 1 saturated heterocycles. The highest BCUT2D eigenvalue weighted by molar-refractivity contribution is 5.86. The van der Waals surface area contributed by atoms with Gasteiger partial charge in [-0.15, -0.1) is 0 Å². The Morgan fingerprint density at radius 2 is 2.13 bits per heavy atom. The van der Waals surface area contributed by atoms with Crippen molar-refractivity contribution in [1.29, 1.82) is 0 Å². The number of hydrogen-bond acceptors (Lipinski definition) is 4. The summed E-state index contributed by atoms with van der Waals surface area (Å²) in [6.07, 6.45) is 0.0454. The van der Waals surface area contributed by atoms with Gasteiger partial charge in [-0.25, -0.2) is 0 Å². The van der Waals surface area contributed by atoms with Crippen molar-refractivity contribution < 1.29 is 19.1 Å². The van der Waals surface area contributed by atoms with Crippen LogP contribution in [0.3, 0.4) is 0 Å². The molecule has 1 N–H and O–H groups in total. The number of ether oxygens (including phenoxy) is 2. The van der Waals surface area contributed by atoms with Crippen molar-refractivity contribution in [2.45, 2.75) is 25.5 Å². The Kier molecular flexibility index (Phi) is 6.55. The van der Waals surface area contributed by atoms with Crippen molar-refractivity contribution >= 4 is 11.8 Å². The number of hydrogen-bond donors (Lipinski definition) is 1. The van der Waals surface area contributed by atoms with E-state index in [4.69, 9.17) is 9.47 Å². The van der Waals surface area contributed by atoms with E-state index in [-0.39, 0.29) is 18.4 Å². The first-order valence-corrected chi connectivity index (χ1v) is 7.92. The molecule has 0 radical (unpaired) electrons. The SMILES string of the molecule is CCOCCCNC(=O)[C@H]1OCC(=O)N(C)[C@@H]1c1ccccc1. The van der Waals surface area contributed by atoms with Crippen LogP contribution in [-0.2, 0) is 19.1 Å². The Morgan fingerprint density at radius 1 is 1.39 bits per heavy atom. The molecule has 1 aliphatic heterocycles. The van der Waals surface area contributed by atoms with Crippen LogP contribution in [-0.4, -0.2) is 56.2 Å². The minimum Gasteiger partial charge on any atom is -0.382 e. The van der Waals surface area contributed by atoms with Crippen LogP contribution in [0, 0.1) is 0 Å². The van der Waals surface area contributed by atoms with Crippen molar-refractivity contribution in [3.63, 3.8) is 0 Å². The van der Waals surface area contributed by atoms with E-state index in [1.54, 1.807) is 11.9 Å². The maximum Gasteiger partial charge on any atom is 0.251 e. The van der Waals surface area contributed by atoms with Gasteiger partial charge in [0, 0.05) is 26.8 Å². The topological polar surface area (TPSA) is 67.9 Å². The zero-order valence-corrected chi connectivity index (χ0v) is 13.7. The number of nitrogens with zero attached hydrogens (tertiary/aromatic N) is 1. The quantitative estimate of drug-likeness (QED) is 0.765. The van der Waals surface area contributed by atoms with Crippen molar-refractivity contribution in [2.24, 2.45) is 0 Å². The summed E-state index contributed by atoms with van der Waals surface area (Å²) in [6, 6.07) is 9.07. The summed E-state index contributed by atoms with van der Waals surface area (Å²) < 4.78 is 10.8. The molecule has 126 valence electrons. The molecule has 1 aliphatic rings. The van der Waals surface area contributed by atoms with Gasteiger partial charge in [0.05, 0.1) is 6.04 Å². The van der Waals surface area contributed by atoms with Crippen LogP contribution in [0.15, 0.2) is 30.3 Å². The molecule has 23 heavy (non-hydrogen) atoms. The van der Waals surface area contributed by atoms with Gasteiger partial charge in [-0.05, 0) is 18.9 Å². The van der Waals surface area contributed by atoms with Crippen LogP contribution in [0.5, 0.6) is 0 Å². The monoisotopic (exact) mass is 320 g/mol. The largest absolute Gasteiger partial charge is 0.382 e. The molecule has 0 aromatic heterocycles. The first-order chi connectivity index (χ1) is 11.1. The van der Waals surface area contributed by atoms with Gasteiger partial charge in [-0.2, -0.15) is 0 Å². The van der Waals surface area contributed by atoms with E-state index in [1.807, 2.05) is 37.3 Å². The molecule has 1 heterocycles. The van der Waals surface area contributed by atoms with Gasteiger partial charge in [-0.3, -0.25) is 9.59 Å². The fraction of sp³-hybridized carbons (Fsp3) is 0.529. The number of benzene rings is 1. The molecule has 2 rings (SSSR count). The Labute approximate surface area is 136 Å². The molecule has 0 bridgehead atoms. The number of carbonyl (C=O) groups excluding carboxylic acids is 2. The maximum atomic E-state index is 12.5. The molecule has 0 aliphatic carbocycles. The van der Waals surface area contributed by atoms with Crippen molar-refractivity contribution in [2.75, 3.05) is 33.4 Å². The van der Waals surface area contributed by atoms with Gasteiger partial charge in [0.15, 0.2) is 6.10 Å². The summed E-state index contributed by atoms with van der Waals surface area (Å²) in [7, 11) is 1.71. The Balaban J connectivity index is 2.02. The third-order valence-electron chi connectivity index (χ3n) is 3.85. The van der Waals surface area contributed by atoms with E-state index in [9.17, 15) is 9.59 Å². The molecule has 6 heteroatoms. The predicted molar refractivity (Wildman–Crippen MR) is 85.8 cm³/mol. The second-order valence-electron chi connectivity index (χ2n) is 5.43. The zero-order valence-electron chi connectivity index (χ0n) is 13.7. The van der Waals surface area contributed by atoms with Crippen LogP contribution in [0.2, 0.25) is 0 Å². The molecular weight excluding hydrogens is 296 g/mol. The molecule has 0 saturated carbocycles. The van der Waals surface area contributed by atoms with Crippen molar-refractivity contribution in [1.82, 2.24) is 10.2 Å². The third-order valence-corrected chi connectivity index (χ3v) is 3.85. The Hall–Kier alpha value is -1.92. The fourth-order valence-electron chi connectivity index (χ4n) is 2.61. The molecule has 6 nitrogen and oxygen atoms in total. The van der Waals surface area contributed by atoms with Gasteiger partial charge < -0.3 is 19.7 Å². The summed E-state index contributed by atoms with van der Waals surface area (Å²) in [5.74, 6) is -0.325. The number of amides is 2. The summed E-state index contributed by atoms with van der Waals surface area (Å²) in [5.41, 5.74) is 0.887.